The van der Waals surface area contributed by atoms with Crippen LogP contribution in [-0.4, -0.2) is 54.6 Å². The molecule has 8 heteroatoms. The highest BCUT2D eigenvalue weighted by Crippen LogP contribution is 2.45. The number of hydrogen-bond acceptors (Lipinski definition) is 8. The molecule has 8 nitrogen and oxygen atoms in total. The van der Waals surface area contributed by atoms with E-state index in [4.69, 9.17) is 28.4 Å². The molecule has 0 aliphatic carbocycles. The standard InChI is InChI=1S/C15H20O8/c1-18-9-7-8(14(16)22-5)10(12(20-3)11(9)19-2)13(21-4)15(17)23-6/h7,13H,1-6H3. The second kappa shape index (κ2) is 8.23. The number of carbonyl (C=O) groups excluding carboxylic acids is 2. The van der Waals surface area contributed by atoms with Crippen molar-refractivity contribution in [2.75, 3.05) is 42.7 Å². The topological polar surface area (TPSA) is 89.5 Å². The molecule has 1 atom stereocenters. The first-order valence-corrected chi connectivity index (χ1v) is 6.52. The van der Waals surface area contributed by atoms with Gasteiger partial charge in [-0.2, -0.15) is 0 Å². The molecule has 0 saturated carbocycles. The molecule has 0 aliphatic heterocycles. The zero-order valence-electron chi connectivity index (χ0n) is 13.9. The summed E-state index contributed by atoms with van der Waals surface area (Å²) in [7, 11) is 7.91. The van der Waals surface area contributed by atoms with Gasteiger partial charge < -0.3 is 28.4 Å². The summed E-state index contributed by atoms with van der Waals surface area (Å²) in [5.41, 5.74) is 0.172. The summed E-state index contributed by atoms with van der Waals surface area (Å²) in [6, 6.07) is 1.39. The predicted octanol–water partition coefficient (Wildman–Crippen LogP) is 1.36. The van der Waals surface area contributed by atoms with Gasteiger partial charge in [0.2, 0.25) is 5.75 Å². The molecule has 0 spiro atoms. The molecule has 0 heterocycles. The SMILES string of the molecule is COC(=O)c1cc(OC)c(OC)c(OC)c1C(OC)C(=O)OC. The molecule has 0 fully saturated rings. The molecule has 0 aliphatic rings. The Balaban J connectivity index is 3.80. The van der Waals surface area contributed by atoms with E-state index in [2.05, 4.69) is 0 Å². The summed E-state index contributed by atoms with van der Waals surface area (Å²) in [5.74, 6) is -0.824. The molecule has 0 radical (unpaired) electrons. The lowest BCUT2D eigenvalue weighted by Gasteiger charge is -2.22. The molecule has 0 bridgehead atoms. The molecular weight excluding hydrogens is 308 g/mol. The van der Waals surface area contributed by atoms with Crippen LogP contribution in [0.2, 0.25) is 0 Å². The highest BCUT2D eigenvalue weighted by atomic mass is 16.6. The number of benzene rings is 1. The first-order chi connectivity index (χ1) is 11.0. The zero-order chi connectivity index (χ0) is 17.6. The normalized spacial score (nSPS) is 11.4. The van der Waals surface area contributed by atoms with Crippen LogP contribution < -0.4 is 14.2 Å². The smallest absolute Gasteiger partial charge is 0.339 e. The molecule has 0 aromatic heterocycles. The van der Waals surface area contributed by atoms with Gasteiger partial charge in [-0.05, 0) is 6.07 Å². The number of ether oxygens (including phenoxy) is 6. The fourth-order valence-electron chi connectivity index (χ4n) is 2.16. The largest absolute Gasteiger partial charge is 0.493 e. The Labute approximate surface area is 134 Å². The fraction of sp³-hybridized carbons (Fsp3) is 0.467. The van der Waals surface area contributed by atoms with Crippen molar-refractivity contribution in [2.45, 2.75) is 6.10 Å². The van der Waals surface area contributed by atoms with E-state index in [1.165, 1.54) is 48.7 Å². The highest BCUT2D eigenvalue weighted by Gasteiger charge is 2.34. The minimum absolute atomic E-state index is 0.0410. The van der Waals surface area contributed by atoms with Crippen LogP contribution in [0.3, 0.4) is 0 Å². The average molecular weight is 328 g/mol. The van der Waals surface area contributed by atoms with Gasteiger partial charge in [-0.3, -0.25) is 0 Å². The number of rotatable bonds is 7. The van der Waals surface area contributed by atoms with E-state index in [9.17, 15) is 9.59 Å². The molecule has 0 saturated heterocycles. The lowest BCUT2D eigenvalue weighted by Crippen LogP contribution is -2.21. The number of hydrogen-bond donors (Lipinski definition) is 0. The van der Waals surface area contributed by atoms with Gasteiger partial charge in [-0.1, -0.05) is 0 Å². The lowest BCUT2D eigenvalue weighted by atomic mass is 9.99. The Bertz CT molecular complexity index is 581. The minimum Gasteiger partial charge on any atom is -0.493 e. The van der Waals surface area contributed by atoms with Crippen molar-refractivity contribution < 1.29 is 38.0 Å². The van der Waals surface area contributed by atoms with Crippen LogP contribution in [0.5, 0.6) is 17.2 Å². The molecule has 23 heavy (non-hydrogen) atoms. The minimum atomic E-state index is -1.20. The van der Waals surface area contributed by atoms with Crippen LogP contribution >= 0.6 is 0 Å². The molecule has 128 valence electrons. The first kappa shape index (κ1) is 18.6. The van der Waals surface area contributed by atoms with E-state index in [-0.39, 0.29) is 28.4 Å². The Kier molecular flexibility index (Phi) is 6.65. The maximum absolute atomic E-state index is 12.1. The van der Waals surface area contributed by atoms with Crippen LogP contribution in [0, 0.1) is 0 Å². The van der Waals surface area contributed by atoms with E-state index in [1.54, 1.807) is 0 Å². The number of esters is 2. The number of methoxy groups -OCH3 is 6. The van der Waals surface area contributed by atoms with Gasteiger partial charge in [-0.15, -0.1) is 0 Å². The second-order valence-electron chi connectivity index (χ2n) is 4.24. The van der Waals surface area contributed by atoms with Crippen molar-refractivity contribution in [3.8, 4) is 17.2 Å². The third-order valence-electron chi connectivity index (χ3n) is 3.19. The Morgan fingerprint density at radius 3 is 1.87 bits per heavy atom. The molecule has 0 amide bonds. The maximum atomic E-state index is 12.1. The monoisotopic (exact) mass is 328 g/mol. The van der Waals surface area contributed by atoms with Crippen LogP contribution in [0.15, 0.2) is 6.07 Å². The molecule has 1 aromatic carbocycles. The third-order valence-corrected chi connectivity index (χ3v) is 3.19. The Hall–Kier alpha value is -2.48. The van der Waals surface area contributed by atoms with Crippen molar-refractivity contribution in [2.24, 2.45) is 0 Å². The molecular formula is C15H20O8. The molecule has 1 aromatic rings. The van der Waals surface area contributed by atoms with E-state index < -0.39 is 18.0 Å². The quantitative estimate of drug-likeness (QED) is 0.693. The van der Waals surface area contributed by atoms with E-state index in [0.717, 1.165) is 0 Å². The second-order valence-corrected chi connectivity index (χ2v) is 4.24. The maximum Gasteiger partial charge on any atom is 0.339 e. The molecule has 0 N–H and O–H groups in total. The summed E-state index contributed by atoms with van der Waals surface area (Å²) in [6.45, 7) is 0. The average Bonchev–Trinajstić information content (AvgIpc) is 2.59. The summed E-state index contributed by atoms with van der Waals surface area (Å²) in [6.07, 6.45) is -1.20. The summed E-state index contributed by atoms with van der Waals surface area (Å²) in [4.78, 5) is 24.1. The fourth-order valence-corrected chi connectivity index (χ4v) is 2.16. The summed E-state index contributed by atoms with van der Waals surface area (Å²) < 4.78 is 30.4. The van der Waals surface area contributed by atoms with Crippen molar-refractivity contribution in [3.05, 3.63) is 17.2 Å². The van der Waals surface area contributed by atoms with Gasteiger partial charge in [0.15, 0.2) is 17.6 Å². The van der Waals surface area contributed by atoms with Crippen molar-refractivity contribution >= 4 is 11.9 Å². The van der Waals surface area contributed by atoms with Crippen LogP contribution in [0.25, 0.3) is 0 Å². The van der Waals surface area contributed by atoms with Gasteiger partial charge in [0.05, 0.1) is 46.7 Å². The van der Waals surface area contributed by atoms with Gasteiger partial charge in [0.1, 0.15) is 0 Å². The zero-order valence-corrected chi connectivity index (χ0v) is 13.9. The van der Waals surface area contributed by atoms with E-state index in [0.29, 0.717) is 0 Å². The van der Waals surface area contributed by atoms with Gasteiger partial charge in [0.25, 0.3) is 0 Å². The predicted molar refractivity (Wildman–Crippen MR) is 79.2 cm³/mol. The van der Waals surface area contributed by atoms with Crippen molar-refractivity contribution in [3.63, 3.8) is 0 Å². The highest BCUT2D eigenvalue weighted by molar-refractivity contribution is 5.96. The van der Waals surface area contributed by atoms with E-state index in [1.807, 2.05) is 0 Å². The van der Waals surface area contributed by atoms with Crippen LogP contribution in [0.4, 0.5) is 0 Å². The van der Waals surface area contributed by atoms with Crippen LogP contribution in [0.1, 0.15) is 22.0 Å². The molecule has 1 rings (SSSR count). The van der Waals surface area contributed by atoms with Crippen molar-refractivity contribution in [1.82, 2.24) is 0 Å². The van der Waals surface area contributed by atoms with E-state index >= 15 is 0 Å². The summed E-state index contributed by atoms with van der Waals surface area (Å²) >= 11 is 0. The van der Waals surface area contributed by atoms with Gasteiger partial charge >= 0.3 is 11.9 Å². The first-order valence-electron chi connectivity index (χ1n) is 6.52. The third kappa shape index (κ3) is 3.48. The van der Waals surface area contributed by atoms with Gasteiger partial charge in [-0.25, -0.2) is 9.59 Å². The Morgan fingerprint density at radius 1 is 0.870 bits per heavy atom. The number of carbonyl (C=O) groups is 2. The summed E-state index contributed by atoms with van der Waals surface area (Å²) in [5, 5.41) is 0. The Morgan fingerprint density at radius 2 is 1.48 bits per heavy atom. The van der Waals surface area contributed by atoms with Gasteiger partial charge in [0, 0.05) is 7.11 Å². The lowest BCUT2D eigenvalue weighted by molar-refractivity contribution is -0.152. The van der Waals surface area contributed by atoms with Crippen molar-refractivity contribution in [1.29, 1.82) is 0 Å². The van der Waals surface area contributed by atoms with Crippen LogP contribution in [-0.2, 0) is 19.0 Å². The molecule has 1 unspecified atom stereocenters.